The number of benzene rings is 1. The van der Waals surface area contributed by atoms with Gasteiger partial charge in [-0.15, -0.1) is 0 Å². The zero-order valence-corrected chi connectivity index (χ0v) is 8.31. The van der Waals surface area contributed by atoms with E-state index in [-0.39, 0.29) is 4.75 Å². The molecule has 1 aromatic rings. The lowest BCUT2D eigenvalue weighted by molar-refractivity contribution is 0.812. The zero-order valence-electron chi connectivity index (χ0n) is 7.41. The van der Waals surface area contributed by atoms with Crippen molar-refractivity contribution in [1.29, 1.82) is 0 Å². The van der Waals surface area contributed by atoms with Gasteiger partial charge in [0.1, 0.15) is 0 Å². The summed E-state index contributed by atoms with van der Waals surface area (Å²) in [5.41, 5.74) is 0. The third-order valence-electron chi connectivity index (χ3n) is 0.667. The van der Waals surface area contributed by atoms with Crippen molar-refractivity contribution in [3.05, 3.63) is 36.4 Å². The lowest BCUT2D eigenvalue weighted by atomic mass is 10.3. The fourth-order valence-corrected chi connectivity index (χ4v) is 0.385. The fraction of sp³-hybridized carbons (Fsp3) is 0.400. The van der Waals surface area contributed by atoms with Crippen molar-refractivity contribution >= 4 is 12.6 Å². The molecule has 0 nitrogen and oxygen atoms in total. The van der Waals surface area contributed by atoms with Crippen LogP contribution in [0, 0.1) is 0 Å². The van der Waals surface area contributed by atoms with Crippen LogP contribution in [0.2, 0.25) is 0 Å². The SMILES string of the molecule is CC(C)(C)S.c1ccccc1. The third-order valence-corrected chi connectivity index (χ3v) is 0.667. The number of hydrogen-bond acceptors (Lipinski definition) is 1. The van der Waals surface area contributed by atoms with Crippen LogP contribution in [0.4, 0.5) is 0 Å². The van der Waals surface area contributed by atoms with E-state index in [2.05, 4.69) is 33.4 Å². The van der Waals surface area contributed by atoms with Crippen molar-refractivity contribution in [2.75, 3.05) is 0 Å². The van der Waals surface area contributed by atoms with E-state index in [9.17, 15) is 0 Å². The van der Waals surface area contributed by atoms with Gasteiger partial charge in [0.15, 0.2) is 0 Å². The second kappa shape index (κ2) is 5.25. The summed E-state index contributed by atoms with van der Waals surface area (Å²) in [6.45, 7) is 6.16. The molecule has 0 aliphatic carbocycles. The molecule has 0 N–H and O–H groups in total. The molecule has 0 atom stereocenters. The van der Waals surface area contributed by atoms with E-state index >= 15 is 0 Å². The van der Waals surface area contributed by atoms with Gasteiger partial charge in [-0.2, -0.15) is 12.6 Å². The van der Waals surface area contributed by atoms with Gasteiger partial charge in [-0.1, -0.05) is 57.2 Å². The number of thiol groups is 1. The van der Waals surface area contributed by atoms with Crippen LogP contribution in [-0.4, -0.2) is 4.75 Å². The average Bonchev–Trinajstić information content (AvgIpc) is 1.88. The Labute approximate surface area is 75.1 Å². The van der Waals surface area contributed by atoms with E-state index in [1.165, 1.54) is 0 Å². The molecule has 11 heavy (non-hydrogen) atoms. The van der Waals surface area contributed by atoms with E-state index in [1.807, 2.05) is 36.4 Å². The smallest absolute Gasteiger partial charge is 0.00449 e. The molecular formula is C10H16S. The van der Waals surface area contributed by atoms with Gasteiger partial charge in [0.05, 0.1) is 0 Å². The Morgan fingerprint density at radius 1 is 0.727 bits per heavy atom. The van der Waals surface area contributed by atoms with Crippen LogP contribution in [0.25, 0.3) is 0 Å². The second-order valence-corrected chi connectivity index (χ2v) is 4.67. The zero-order chi connectivity index (χ0) is 8.74. The van der Waals surface area contributed by atoms with Crippen LogP contribution in [0.5, 0.6) is 0 Å². The van der Waals surface area contributed by atoms with E-state index in [1.54, 1.807) is 0 Å². The highest BCUT2D eigenvalue weighted by atomic mass is 32.1. The van der Waals surface area contributed by atoms with Crippen LogP contribution in [-0.2, 0) is 0 Å². The van der Waals surface area contributed by atoms with Crippen molar-refractivity contribution in [3.63, 3.8) is 0 Å². The molecular weight excluding hydrogens is 152 g/mol. The summed E-state index contributed by atoms with van der Waals surface area (Å²) in [4.78, 5) is 0. The first kappa shape index (κ1) is 10.6. The molecule has 0 heterocycles. The molecule has 0 saturated heterocycles. The Kier molecular flexibility index (Phi) is 5.05. The van der Waals surface area contributed by atoms with Crippen molar-refractivity contribution in [2.45, 2.75) is 25.5 Å². The predicted octanol–water partition coefficient (Wildman–Crippen LogP) is 3.40. The maximum atomic E-state index is 4.12. The van der Waals surface area contributed by atoms with Crippen LogP contribution in [0.15, 0.2) is 36.4 Å². The molecule has 0 radical (unpaired) electrons. The minimum atomic E-state index is 0.194. The molecule has 0 bridgehead atoms. The van der Waals surface area contributed by atoms with Gasteiger partial charge >= 0.3 is 0 Å². The predicted molar refractivity (Wildman–Crippen MR) is 55.2 cm³/mol. The van der Waals surface area contributed by atoms with Crippen molar-refractivity contribution < 1.29 is 0 Å². The lowest BCUT2D eigenvalue weighted by Crippen LogP contribution is -1.99. The minimum absolute atomic E-state index is 0.194. The standard InChI is InChI=1S/C6H6.C4H10S/c1-2-4-6-5-3-1;1-4(2,3)5/h1-6H;5H,1-3H3. The molecule has 1 heteroatoms. The maximum Gasteiger partial charge on any atom is 0.00449 e. The van der Waals surface area contributed by atoms with Crippen LogP contribution >= 0.6 is 12.6 Å². The van der Waals surface area contributed by atoms with Gasteiger partial charge in [0.25, 0.3) is 0 Å². The quantitative estimate of drug-likeness (QED) is 0.564. The summed E-state index contributed by atoms with van der Waals surface area (Å²) in [7, 11) is 0. The first-order chi connectivity index (χ1) is 5.00. The van der Waals surface area contributed by atoms with Crippen molar-refractivity contribution in [2.24, 2.45) is 0 Å². The first-order valence-corrected chi connectivity index (χ1v) is 4.17. The monoisotopic (exact) mass is 168 g/mol. The summed E-state index contributed by atoms with van der Waals surface area (Å²) >= 11 is 4.12. The molecule has 1 rings (SSSR count). The molecule has 0 aliphatic rings. The van der Waals surface area contributed by atoms with Crippen LogP contribution < -0.4 is 0 Å². The molecule has 1 aromatic carbocycles. The lowest BCUT2D eigenvalue weighted by Gasteiger charge is -2.04. The summed E-state index contributed by atoms with van der Waals surface area (Å²) in [6, 6.07) is 12.0. The Balaban J connectivity index is 0.000000187. The molecule has 0 aromatic heterocycles. The van der Waals surface area contributed by atoms with Gasteiger partial charge in [0.2, 0.25) is 0 Å². The Hall–Kier alpha value is -0.430. The Bertz CT molecular complexity index is 129. The van der Waals surface area contributed by atoms with E-state index < -0.39 is 0 Å². The molecule has 0 aliphatic heterocycles. The van der Waals surface area contributed by atoms with Gasteiger partial charge in [0, 0.05) is 4.75 Å². The summed E-state index contributed by atoms with van der Waals surface area (Å²) in [5, 5.41) is 0. The highest BCUT2D eigenvalue weighted by Crippen LogP contribution is 2.07. The molecule has 0 fully saturated rings. The third kappa shape index (κ3) is 17.7. The topological polar surface area (TPSA) is 0 Å². The molecule has 0 amide bonds. The largest absolute Gasteiger partial charge is 0.173 e. The first-order valence-electron chi connectivity index (χ1n) is 3.72. The number of rotatable bonds is 0. The van der Waals surface area contributed by atoms with Crippen molar-refractivity contribution in [1.82, 2.24) is 0 Å². The average molecular weight is 168 g/mol. The van der Waals surface area contributed by atoms with Crippen LogP contribution in [0.1, 0.15) is 20.8 Å². The van der Waals surface area contributed by atoms with E-state index in [0.717, 1.165) is 0 Å². The minimum Gasteiger partial charge on any atom is -0.173 e. The summed E-state index contributed by atoms with van der Waals surface area (Å²) in [6.07, 6.45) is 0. The highest BCUT2D eigenvalue weighted by molar-refractivity contribution is 7.81. The fourth-order valence-electron chi connectivity index (χ4n) is 0.385. The van der Waals surface area contributed by atoms with E-state index in [0.29, 0.717) is 0 Å². The van der Waals surface area contributed by atoms with Crippen LogP contribution in [0.3, 0.4) is 0 Å². The van der Waals surface area contributed by atoms with Gasteiger partial charge in [-0.05, 0) is 0 Å². The van der Waals surface area contributed by atoms with Gasteiger partial charge in [-0.25, -0.2) is 0 Å². The molecule has 62 valence electrons. The molecule has 0 spiro atoms. The molecule has 0 unspecified atom stereocenters. The highest BCUT2D eigenvalue weighted by Gasteiger charge is 1.96. The molecule has 0 saturated carbocycles. The van der Waals surface area contributed by atoms with Gasteiger partial charge in [-0.3, -0.25) is 0 Å². The summed E-state index contributed by atoms with van der Waals surface area (Å²) < 4.78 is 0.194. The Morgan fingerprint density at radius 2 is 0.818 bits per heavy atom. The van der Waals surface area contributed by atoms with Crippen molar-refractivity contribution in [3.8, 4) is 0 Å². The van der Waals surface area contributed by atoms with Gasteiger partial charge < -0.3 is 0 Å². The summed E-state index contributed by atoms with van der Waals surface area (Å²) in [5.74, 6) is 0. The Morgan fingerprint density at radius 3 is 0.909 bits per heavy atom. The second-order valence-electron chi connectivity index (χ2n) is 3.33. The maximum absolute atomic E-state index is 4.12. The number of hydrogen-bond donors (Lipinski definition) is 1. The van der Waals surface area contributed by atoms with E-state index in [4.69, 9.17) is 0 Å². The normalized spacial score (nSPS) is 9.82.